The number of benzene rings is 4. The van der Waals surface area contributed by atoms with E-state index in [0.29, 0.717) is 50.5 Å². The molecule has 324 valence electrons. The molecule has 3 aromatic heterocycles. The standard InChI is InChI=1S/C48H32N4O4.C3H8O4P2.2Zn/c53-47(54)34(48(55)56)27-33-28-41-44(31-17-9-3-10-18-31)39-24-23-37(50-39)42(29-13-5-1-6-14-29)35-21-22-36(49-35)43(30-15-7-2-8-16-30)38-25-26-40(51-38)45(46(33)52-41)32-19-11-4-12-20-32;4-6-1-3(7-5)2-9-8;;/h1-28H,(H4,49,50,51,52,53,54,55,56);2,4-5,9H,1,8H2;;/q;;;+2/p-2/b;3-2+;;/i;9T;;. The summed E-state index contributed by atoms with van der Waals surface area (Å²) in [6.45, 7) is -0.247. The van der Waals surface area contributed by atoms with E-state index in [2.05, 4.69) is 18.7 Å². The Labute approximate surface area is 415 Å². The number of rotatable bonds is 11. The summed E-state index contributed by atoms with van der Waals surface area (Å²) in [6, 6.07) is 45.0. The molecule has 0 amide bonds. The molecule has 12 nitrogen and oxygen atoms in total. The normalized spacial score (nSPS) is 12.0. The van der Waals surface area contributed by atoms with Crippen LogP contribution in [-0.4, -0.2) is 50.5 Å². The average Bonchev–Trinajstić information content (AvgIpc) is 4.17. The van der Waals surface area contributed by atoms with Crippen LogP contribution in [0.5, 0.6) is 0 Å². The van der Waals surface area contributed by atoms with Crippen LogP contribution in [0.2, 0.25) is 0 Å². The Hall–Kier alpha value is -6.31. The van der Waals surface area contributed by atoms with Gasteiger partial charge in [0.05, 0.1) is 24.1 Å². The van der Waals surface area contributed by atoms with Crippen molar-refractivity contribution >= 4 is 81.5 Å². The summed E-state index contributed by atoms with van der Waals surface area (Å²) >= 11 is 0. The predicted molar refractivity (Wildman–Crippen MR) is 260 cm³/mol. The number of hydrogen-bond acceptors (Lipinski definition) is 8. The van der Waals surface area contributed by atoms with Crippen LogP contribution in [0.25, 0.3) is 97.0 Å². The molecule has 8 bridgehead atoms. The summed E-state index contributed by atoms with van der Waals surface area (Å²) in [5.41, 5.74) is 10.8. The van der Waals surface area contributed by atoms with E-state index in [0.717, 1.165) is 44.4 Å². The van der Waals surface area contributed by atoms with Gasteiger partial charge in [-0.3, -0.25) is 5.26 Å². The van der Waals surface area contributed by atoms with Gasteiger partial charge < -0.3 is 25.1 Å². The third-order valence-electron chi connectivity index (χ3n) is 10.3. The van der Waals surface area contributed by atoms with E-state index in [-0.39, 0.29) is 51.3 Å². The van der Waals surface area contributed by atoms with Gasteiger partial charge in [-0.05, 0) is 86.3 Å². The smallest absolute Gasteiger partial charge is 0.657 e. The molecule has 2 unspecified atom stereocenters. The SMILES string of the molecule is O=C(O)C(=Cc1cc2[n-]c1c(-c1ccccc1)c1nc(c(-c3ccccc3)c3ccc([n-]3)c(-c3ccccc3)c3nc(c2-c2ccccc2)C=C3)C=C1)C(=O)O.[3H]P(P)/C=C(\COO)OO.[Zn+2].[Zn]. The molecule has 67 heavy (non-hydrogen) atoms. The molecule has 7 aromatic rings. The molecule has 5 heterocycles. The zero-order valence-corrected chi connectivity index (χ0v) is 43.6. The Morgan fingerprint density at radius 3 is 1.37 bits per heavy atom. The summed E-state index contributed by atoms with van der Waals surface area (Å²) in [5.74, 6) is -1.78. The van der Waals surface area contributed by atoms with E-state index in [1.807, 2.05) is 158 Å². The van der Waals surface area contributed by atoms with E-state index in [1.165, 1.54) is 11.9 Å². The van der Waals surface area contributed by atoms with Gasteiger partial charge in [0.1, 0.15) is 12.2 Å². The number of aliphatic carboxylic acids is 2. The first kappa shape index (κ1) is 48.6. The van der Waals surface area contributed by atoms with Crippen molar-refractivity contribution in [2.75, 3.05) is 6.61 Å². The van der Waals surface area contributed by atoms with Gasteiger partial charge in [0.2, 0.25) is 0 Å². The molecule has 2 aliphatic heterocycles. The first-order valence-corrected chi connectivity index (χ1v) is 22.5. The van der Waals surface area contributed by atoms with Crippen molar-refractivity contribution in [2.24, 2.45) is 0 Å². The minimum atomic E-state index is -1.57. The molecule has 0 fully saturated rings. The van der Waals surface area contributed by atoms with Crippen molar-refractivity contribution in [1.29, 1.82) is 1.28 Å². The van der Waals surface area contributed by atoms with Crippen molar-refractivity contribution in [3.05, 3.63) is 185 Å². The van der Waals surface area contributed by atoms with Gasteiger partial charge in [0.15, 0.2) is 5.76 Å². The second kappa shape index (κ2) is 23.4. The van der Waals surface area contributed by atoms with Crippen LogP contribution in [0.4, 0.5) is 0 Å². The number of carbonyl (C=O) groups is 2. The molecule has 0 spiro atoms. The van der Waals surface area contributed by atoms with E-state index in [9.17, 15) is 19.8 Å². The largest absolute Gasteiger partial charge is 2.00 e. The molecule has 0 aliphatic carbocycles. The number of nitrogens with zero attached hydrogens (tertiary/aromatic N) is 4. The molecule has 0 radical (unpaired) electrons. The zero-order valence-electron chi connectivity index (χ0n) is 36.6. The Bertz CT molecular complexity index is 3220. The minimum absolute atomic E-state index is 0. The van der Waals surface area contributed by atoms with Crippen LogP contribution in [0.3, 0.4) is 0 Å². The second-order valence-electron chi connectivity index (χ2n) is 14.3. The van der Waals surface area contributed by atoms with Gasteiger partial charge in [-0.1, -0.05) is 148 Å². The molecule has 16 heteroatoms. The first-order chi connectivity index (χ1) is 32.1. The summed E-state index contributed by atoms with van der Waals surface area (Å²) < 4.78 is 7.01. The maximum Gasteiger partial charge on any atom is 2.00 e. The van der Waals surface area contributed by atoms with E-state index in [1.54, 1.807) is 6.07 Å². The predicted octanol–water partition coefficient (Wildman–Crippen LogP) is 11.4. The second-order valence-corrected chi connectivity index (χ2v) is 15.8. The van der Waals surface area contributed by atoms with Crippen LogP contribution in [0.15, 0.2) is 157 Å². The van der Waals surface area contributed by atoms with Crippen LogP contribution in [0.1, 0.15) is 28.3 Å². The van der Waals surface area contributed by atoms with Crippen molar-refractivity contribution in [3.63, 3.8) is 0 Å². The quantitative estimate of drug-likeness (QED) is 0.0141. The summed E-state index contributed by atoms with van der Waals surface area (Å²) in [7, 11) is 1.08. The van der Waals surface area contributed by atoms with E-state index < -0.39 is 25.7 Å². The number of carboxylic acids is 2. The average molecular weight is 1030 g/mol. The number of aromatic nitrogens is 4. The molecule has 9 rings (SSSR count). The third-order valence-corrected chi connectivity index (χ3v) is 11.2. The number of carboxylic acid groups (broad SMARTS) is 2. The zero-order chi connectivity index (χ0) is 46.2. The van der Waals surface area contributed by atoms with E-state index in [4.69, 9.17) is 31.7 Å². The summed E-state index contributed by atoms with van der Waals surface area (Å²) in [4.78, 5) is 53.1. The Kier molecular flexibility index (Phi) is 17.0. The summed E-state index contributed by atoms with van der Waals surface area (Å²) in [6.07, 6.45) is 8.94. The van der Waals surface area contributed by atoms with Crippen molar-refractivity contribution in [1.82, 2.24) is 19.9 Å². The van der Waals surface area contributed by atoms with Gasteiger partial charge in [-0.15, -0.1) is 31.0 Å². The Balaban J connectivity index is 0.000000572. The maximum atomic E-state index is 12.3. The Morgan fingerprint density at radius 2 is 1.00 bits per heavy atom. The number of fused-ring (bicyclic) bond motifs is 8. The molecule has 0 saturated heterocycles. The molecule has 2 atom stereocenters. The van der Waals surface area contributed by atoms with Gasteiger partial charge in [-0.25, -0.2) is 29.7 Å². The van der Waals surface area contributed by atoms with Crippen molar-refractivity contribution in [2.45, 2.75) is 0 Å². The maximum absolute atomic E-state index is 12.3. The van der Waals surface area contributed by atoms with Crippen LogP contribution >= 0.6 is 17.1 Å². The van der Waals surface area contributed by atoms with Gasteiger partial charge in [0.25, 0.3) is 0 Å². The van der Waals surface area contributed by atoms with Crippen LogP contribution in [0, 0.1) is 0 Å². The van der Waals surface area contributed by atoms with Crippen LogP contribution < -0.4 is 9.97 Å². The Morgan fingerprint density at radius 1 is 0.612 bits per heavy atom. The van der Waals surface area contributed by atoms with Gasteiger partial charge in [-0.2, -0.15) is 0 Å². The first-order valence-electron chi connectivity index (χ1n) is 20.4. The fourth-order valence-corrected chi connectivity index (χ4v) is 8.29. The molecular weight excluding hydrogens is 989 g/mol. The van der Waals surface area contributed by atoms with E-state index >= 15 is 0 Å². The summed E-state index contributed by atoms with van der Waals surface area (Å²) in [5, 5.41) is 36.0. The third kappa shape index (κ3) is 11.3. The fraction of sp³-hybridized carbons (Fsp3) is 0.0196. The molecule has 0 saturated carbocycles. The number of hydrogen-bond donors (Lipinski definition) is 4. The van der Waals surface area contributed by atoms with Crippen molar-refractivity contribution in [3.8, 4) is 44.5 Å². The topological polar surface area (TPSA) is 187 Å². The fourth-order valence-electron chi connectivity index (χ4n) is 7.50. The molecule has 4 aromatic carbocycles. The molecule has 4 N–H and O–H groups in total. The van der Waals surface area contributed by atoms with Crippen LogP contribution in [-0.2, 0) is 58.3 Å². The van der Waals surface area contributed by atoms with Crippen molar-refractivity contribution < 1.29 is 79.0 Å². The minimum Gasteiger partial charge on any atom is -0.657 e. The monoisotopic (exact) mass is 1030 g/mol. The van der Waals surface area contributed by atoms with Gasteiger partial charge in [0, 0.05) is 19.5 Å². The van der Waals surface area contributed by atoms with Gasteiger partial charge >= 0.3 is 31.4 Å². The molecule has 2 aliphatic rings. The molecular formula is C51H38N4O8P2Zn2.